The van der Waals surface area contributed by atoms with E-state index in [4.69, 9.17) is 4.74 Å². The molecule has 0 N–H and O–H groups in total. The molecule has 31 heavy (non-hydrogen) atoms. The van der Waals surface area contributed by atoms with Crippen LogP contribution in [-0.4, -0.2) is 15.3 Å². The molecule has 0 aliphatic heterocycles. The summed E-state index contributed by atoms with van der Waals surface area (Å²) in [6.45, 7) is 2.32. The van der Waals surface area contributed by atoms with E-state index in [1.54, 1.807) is 18.6 Å². The predicted molar refractivity (Wildman–Crippen MR) is 125 cm³/mol. The van der Waals surface area contributed by atoms with Gasteiger partial charge in [0.15, 0.2) is 5.78 Å². The highest BCUT2D eigenvalue weighted by Crippen LogP contribution is 2.15. The predicted octanol–water partition coefficient (Wildman–Crippen LogP) is 3.28. The third-order valence-corrected chi connectivity index (χ3v) is 6.52. The van der Waals surface area contributed by atoms with E-state index in [1.165, 1.54) is 33.3 Å². The summed E-state index contributed by atoms with van der Waals surface area (Å²) >= 11 is 2.84. The maximum Gasteiger partial charge on any atom is 0.268 e. The number of aromatic nitrogens is 2. The average Bonchev–Trinajstić information content (AvgIpc) is 3.38. The molecule has 0 bridgehead atoms. The first-order valence-corrected chi connectivity index (χ1v) is 11.4. The van der Waals surface area contributed by atoms with Crippen molar-refractivity contribution in [3.05, 3.63) is 101 Å². The molecule has 0 atom stereocenters. The van der Waals surface area contributed by atoms with Crippen molar-refractivity contribution in [1.82, 2.24) is 9.55 Å². The van der Waals surface area contributed by atoms with Crippen molar-refractivity contribution in [2.24, 2.45) is 7.05 Å². The number of Topliss-reactive ketones (excluding diaryl/α,β-unsaturated/α-hetero) is 1. The first kappa shape index (κ1) is 21.0. The summed E-state index contributed by atoms with van der Waals surface area (Å²) < 4.78 is 8.42. The topological polar surface area (TPSA) is 61.2 Å². The second-order valence-electron chi connectivity index (χ2n) is 6.97. The molecule has 2 heterocycles. The molecule has 0 saturated heterocycles. The zero-order chi connectivity index (χ0) is 21.8. The van der Waals surface area contributed by atoms with Gasteiger partial charge in [0.1, 0.15) is 17.0 Å². The van der Waals surface area contributed by atoms with Crippen LogP contribution in [0.4, 0.5) is 0 Å². The Morgan fingerprint density at radius 1 is 1.16 bits per heavy atom. The van der Waals surface area contributed by atoms with Crippen LogP contribution in [0.3, 0.4) is 0 Å². The van der Waals surface area contributed by atoms with Crippen LogP contribution >= 0.6 is 22.7 Å². The Balaban J connectivity index is 1.58. The molecule has 0 unspecified atom stereocenters. The van der Waals surface area contributed by atoms with Gasteiger partial charge in [0.25, 0.3) is 5.56 Å². The second-order valence-corrected chi connectivity index (χ2v) is 8.75. The molecule has 0 amide bonds. The zero-order valence-electron chi connectivity index (χ0n) is 17.1. The molecule has 0 saturated carbocycles. The van der Waals surface area contributed by atoms with E-state index in [9.17, 15) is 9.59 Å². The monoisotopic (exact) mass is 448 g/mol. The van der Waals surface area contributed by atoms with Crippen LogP contribution in [0, 0.1) is 6.92 Å². The number of ketones is 1. The number of hydrogen-bond acceptors (Lipinski definition) is 6. The van der Waals surface area contributed by atoms with E-state index in [1.807, 2.05) is 60.8 Å². The molecule has 156 valence electrons. The number of benzene rings is 2. The van der Waals surface area contributed by atoms with Gasteiger partial charge in [0.05, 0.1) is 15.7 Å². The lowest BCUT2D eigenvalue weighted by Crippen LogP contribution is -2.29. The van der Waals surface area contributed by atoms with Gasteiger partial charge in [-0.15, -0.1) is 22.7 Å². The van der Waals surface area contributed by atoms with Gasteiger partial charge in [-0.2, -0.15) is 0 Å². The van der Waals surface area contributed by atoms with Gasteiger partial charge in [0.2, 0.25) is 0 Å². The zero-order valence-corrected chi connectivity index (χ0v) is 18.7. The van der Waals surface area contributed by atoms with Crippen molar-refractivity contribution >= 4 is 40.6 Å². The smallest absolute Gasteiger partial charge is 0.268 e. The number of thiazole rings is 2. The van der Waals surface area contributed by atoms with Crippen LogP contribution in [-0.2, 0) is 13.7 Å². The number of aryl methyl sites for hydroxylation is 1. The molecular formula is C24H20N2O3S2. The SMILES string of the molecule is Cc1ccccc1C(=O)/C=c1/s/c(=C/c2ccc(OCc3cscn3)cc2)c(=O)n1C. The Kier molecular flexibility index (Phi) is 6.25. The maximum absolute atomic E-state index is 12.7. The van der Waals surface area contributed by atoms with Crippen LogP contribution in [0.1, 0.15) is 27.2 Å². The van der Waals surface area contributed by atoms with Crippen LogP contribution in [0.15, 0.2) is 64.2 Å². The molecule has 0 aliphatic rings. The quantitative estimate of drug-likeness (QED) is 0.425. The highest BCUT2D eigenvalue weighted by atomic mass is 32.1. The fourth-order valence-corrected chi connectivity index (χ4v) is 4.60. The van der Waals surface area contributed by atoms with Crippen molar-refractivity contribution in [2.45, 2.75) is 13.5 Å². The molecule has 0 fully saturated rings. The molecular weight excluding hydrogens is 428 g/mol. The fraction of sp³-hybridized carbons (Fsp3) is 0.125. The van der Waals surface area contributed by atoms with Gasteiger partial charge in [-0.1, -0.05) is 36.4 Å². The van der Waals surface area contributed by atoms with Crippen LogP contribution in [0.5, 0.6) is 5.75 Å². The maximum atomic E-state index is 12.7. The lowest BCUT2D eigenvalue weighted by Gasteiger charge is -2.04. The number of ether oxygens (including phenoxy) is 1. The minimum atomic E-state index is -0.127. The Hall–Kier alpha value is -3.29. The van der Waals surface area contributed by atoms with Gasteiger partial charge in [0, 0.05) is 24.1 Å². The highest BCUT2D eigenvalue weighted by molar-refractivity contribution is 7.07. The first-order chi connectivity index (χ1) is 15.0. The molecule has 4 rings (SSSR count). The molecule has 0 radical (unpaired) electrons. The number of carbonyl (C=O) groups is 1. The first-order valence-electron chi connectivity index (χ1n) is 9.60. The third-order valence-electron chi connectivity index (χ3n) is 4.77. The largest absolute Gasteiger partial charge is 0.487 e. The van der Waals surface area contributed by atoms with Crippen molar-refractivity contribution in [3.63, 3.8) is 0 Å². The third kappa shape index (κ3) is 4.90. The molecule has 2 aromatic carbocycles. The van der Waals surface area contributed by atoms with Crippen LogP contribution < -0.4 is 19.5 Å². The van der Waals surface area contributed by atoms with E-state index in [0.29, 0.717) is 21.4 Å². The molecule has 4 aromatic rings. The Morgan fingerprint density at radius 2 is 1.94 bits per heavy atom. The Labute approximate surface area is 187 Å². The summed E-state index contributed by atoms with van der Waals surface area (Å²) in [4.78, 5) is 29.5. The highest BCUT2D eigenvalue weighted by Gasteiger charge is 2.08. The summed E-state index contributed by atoms with van der Waals surface area (Å²) in [6, 6.07) is 15.0. The van der Waals surface area contributed by atoms with Crippen molar-refractivity contribution in [2.75, 3.05) is 0 Å². The van der Waals surface area contributed by atoms with E-state index in [2.05, 4.69) is 4.98 Å². The lowest BCUT2D eigenvalue weighted by molar-refractivity contribution is 0.106. The van der Waals surface area contributed by atoms with Gasteiger partial charge < -0.3 is 9.30 Å². The number of rotatable bonds is 6. The van der Waals surface area contributed by atoms with Gasteiger partial charge >= 0.3 is 0 Å². The van der Waals surface area contributed by atoms with Gasteiger partial charge in [-0.3, -0.25) is 9.59 Å². The standard InChI is InChI=1S/C24H20N2O3S2/c1-16-5-3-4-6-20(16)21(27)12-23-26(2)24(28)22(31-23)11-17-7-9-19(10-8-17)29-13-18-14-30-15-25-18/h3-12,14-15H,13H2,1-2H3/b22-11+,23-12+. The Morgan fingerprint density at radius 3 is 2.65 bits per heavy atom. The average molecular weight is 449 g/mol. The number of hydrogen-bond donors (Lipinski definition) is 0. The van der Waals surface area contributed by atoms with Gasteiger partial charge in [-0.05, 0) is 36.3 Å². The van der Waals surface area contributed by atoms with Crippen LogP contribution in [0.25, 0.3) is 12.2 Å². The molecule has 0 spiro atoms. The van der Waals surface area contributed by atoms with Crippen molar-refractivity contribution < 1.29 is 9.53 Å². The van der Waals surface area contributed by atoms with E-state index >= 15 is 0 Å². The minimum absolute atomic E-state index is 0.108. The minimum Gasteiger partial charge on any atom is -0.487 e. The van der Waals surface area contributed by atoms with E-state index < -0.39 is 0 Å². The normalized spacial score (nSPS) is 12.3. The van der Waals surface area contributed by atoms with Crippen molar-refractivity contribution in [3.8, 4) is 5.75 Å². The van der Waals surface area contributed by atoms with Crippen molar-refractivity contribution in [1.29, 1.82) is 0 Å². The number of nitrogens with zero attached hydrogens (tertiary/aromatic N) is 2. The molecule has 7 heteroatoms. The summed E-state index contributed by atoms with van der Waals surface area (Å²) in [7, 11) is 1.68. The van der Waals surface area contributed by atoms with E-state index in [-0.39, 0.29) is 11.3 Å². The molecule has 5 nitrogen and oxygen atoms in total. The molecule has 0 aliphatic carbocycles. The summed E-state index contributed by atoms with van der Waals surface area (Å²) in [5.74, 6) is 0.630. The van der Waals surface area contributed by atoms with Gasteiger partial charge in [-0.25, -0.2) is 4.98 Å². The second kappa shape index (κ2) is 9.24. The van der Waals surface area contributed by atoms with Crippen LogP contribution in [0.2, 0.25) is 0 Å². The fourth-order valence-electron chi connectivity index (χ4n) is 3.02. The summed E-state index contributed by atoms with van der Waals surface area (Å²) in [6.07, 6.45) is 3.36. The Bertz CT molecular complexity index is 1380. The van der Waals surface area contributed by atoms with E-state index in [0.717, 1.165) is 22.6 Å². The molecule has 2 aromatic heterocycles. The summed E-state index contributed by atoms with van der Waals surface area (Å²) in [5, 5.41) is 1.95. The lowest BCUT2D eigenvalue weighted by atomic mass is 10.1. The summed E-state index contributed by atoms with van der Waals surface area (Å²) in [5.41, 5.74) is 4.98. The number of carbonyl (C=O) groups excluding carboxylic acids is 1.